The lowest BCUT2D eigenvalue weighted by atomic mass is 10.0. The Morgan fingerprint density at radius 2 is 1.89 bits per heavy atom. The molecule has 8 nitrogen and oxygen atoms in total. The van der Waals surface area contributed by atoms with Gasteiger partial charge in [-0.05, 0) is 49.1 Å². The van der Waals surface area contributed by atoms with Crippen molar-refractivity contribution in [2.45, 2.75) is 32.0 Å². The Morgan fingerprint density at radius 3 is 2.57 bits per heavy atom. The number of oxazole rings is 1. The highest BCUT2D eigenvalue weighted by molar-refractivity contribution is 5.75. The van der Waals surface area contributed by atoms with E-state index in [-0.39, 0.29) is 46.5 Å². The molecule has 178 valence electrons. The van der Waals surface area contributed by atoms with E-state index in [0.29, 0.717) is 5.52 Å². The van der Waals surface area contributed by atoms with Crippen LogP contribution >= 0.6 is 0 Å². The normalized spacial score (nSPS) is 15.4. The predicted molar refractivity (Wildman–Crippen MR) is 119 cm³/mol. The van der Waals surface area contributed by atoms with E-state index in [1.807, 2.05) is 6.07 Å². The average Bonchev–Trinajstić information content (AvgIpc) is 3.34. The van der Waals surface area contributed by atoms with Gasteiger partial charge in [-0.3, -0.25) is 18.5 Å². The van der Waals surface area contributed by atoms with Gasteiger partial charge in [0.2, 0.25) is 0 Å². The van der Waals surface area contributed by atoms with Crippen LogP contribution in [0.3, 0.4) is 0 Å². The Labute approximate surface area is 194 Å². The zero-order valence-electron chi connectivity index (χ0n) is 18.5. The number of benzene rings is 2. The molecule has 0 amide bonds. The van der Waals surface area contributed by atoms with Gasteiger partial charge in [0.05, 0.1) is 22.8 Å². The number of nitriles is 1. The Balaban J connectivity index is 1.78. The Bertz CT molecular complexity index is 1750. The van der Waals surface area contributed by atoms with Crippen LogP contribution in [0.25, 0.3) is 16.8 Å². The van der Waals surface area contributed by atoms with Crippen LogP contribution in [0.1, 0.15) is 40.4 Å². The second-order valence-corrected chi connectivity index (χ2v) is 8.37. The average molecular weight is 482 g/mol. The summed E-state index contributed by atoms with van der Waals surface area (Å²) < 4.78 is 49.1. The number of aryl methyl sites for hydroxylation is 1. The molecule has 0 saturated carbocycles. The van der Waals surface area contributed by atoms with Gasteiger partial charge in [-0.2, -0.15) is 18.4 Å². The number of hydrogen-bond donors (Lipinski definition) is 0. The van der Waals surface area contributed by atoms with Gasteiger partial charge in [0.1, 0.15) is 11.6 Å². The van der Waals surface area contributed by atoms with Crippen LogP contribution in [0.2, 0.25) is 0 Å². The van der Waals surface area contributed by atoms with Gasteiger partial charge in [-0.1, -0.05) is 12.1 Å². The van der Waals surface area contributed by atoms with E-state index < -0.39 is 34.8 Å². The zero-order chi connectivity index (χ0) is 25.2. The maximum atomic E-state index is 13.7. The number of nitrogens with zero attached hydrogens (tertiary/aromatic N) is 4. The maximum absolute atomic E-state index is 13.7. The molecule has 11 heteroatoms. The molecule has 1 aliphatic rings. The minimum absolute atomic E-state index is 0.0262. The van der Waals surface area contributed by atoms with Crippen molar-refractivity contribution < 1.29 is 17.6 Å². The Hall–Kier alpha value is -4.33. The molecule has 0 aliphatic heterocycles. The van der Waals surface area contributed by atoms with Crippen molar-refractivity contribution in [2.75, 3.05) is 0 Å². The largest absolute Gasteiger partial charge is 0.419 e. The molecule has 0 saturated heterocycles. The molecule has 0 radical (unpaired) electrons. The second-order valence-electron chi connectivity index (χ2n) is 8.37. The fourth-order valence-corrected chi connectivity index (χ4v) is 4.86. The summed E-state index contributed by atoms with van der Waals surface area (Å²) in [7, 11) is 1.52. The summed E-state index contributed by atoms with van der Waals surface area (Å²) in [4.78, 5) is 38.7. The minimum Gasteiger partial charge on any atom is -0.408 e. The molecule has 0 unspecified atom stereocenters. The fourth-order valence-electron chi connectivity index (χ4n) is 4.86. The first-order chi connectivity index (χ1) is 16.5. The van der Waals surface area contributed by atoms with Crippen molar-refractivity contribution in [1.82, 2.24) is 13.7 Å². The highest BCUT2D eigenvalue weighted by atomic mass is 19.4. The third-order valence-electron chi connectivity index (χ3n) is 6.53. The summed E-state index contributed by atoms with van der Waals surface area (Å²) in [5, 5.41) is 9.70. The summed E-state index contributed by atoms with van der Waals surface area (Å²) in [6.07, 6.45) is -4.46. The van der Waals surface area contributed by atoms with Crippen LogP contribution in [-0.2, 0) is 19.6 Å². The van der Waals surface area contributed by atoms with Crippen molar-refractivity contribution in [1.29, 1.82) is 5.26 Å². The van der Waals surface area contributed by atoms with Gasteiger partial charge >= 0.3 is 17.6 Å². The number of halogens is 3. The van der Waals surface area contributed by atoms with Gasteiger partial charge < -0.3 is 4.42 Å². The van der Waals surface area contributed by atoms with Gasteiger partial charge in [-0.25, -0.2) is 9.59 Å². The first-order valence-electron chi connectivity index (χ1n) is 10.6. The van der Waals surface area contributed by atoms with E-state index in [4.69, 9.17) is 4.42 Å². The van der Waals surface area contributed by atoms with Crippen LogP contribution < -0.4 is 17.0 Å². The van der Waals surface area contributed by atoms with Crippen molar-refractivity contribution in [2.24, 2.45) is 7.05 Å². The van der Waals surface area contributed by atoms with E-state index in [1.54, 1.807) is 6.07 Å². The second kappa shape index (κ2) is 7.59. The molecule has 0 bridgehead atoms. The quantitative estimate of drug-likeness (QED) is 0.437. The van der Waals surface area contributed by atoms with Gasteiger partial charge in [-0.15, -0.1) is 0 Å². The zero-order valence-corrected chi connectivity index (χ0v) is 18.5. The first-order valence-corrected chi connectivity index (χ1v) is 10.6. The van der Waals surface area contributed by atoms with Crippen LogP contribution in [0, 0.1) is 18.3 Å². The molecule has 0 spiro atoms. The predicted octanol–water partition coefficient (Wildman–Crippen LogP) is 3.18. The first kappa shape index (κ1) is 22.5. The molecule has 2 aromatic heterocycles. The van der Waals surface area contributed by atoms with E-state index in [0.717, 1.165) is 15.2 Å². The monoisotopic (exact) mass is 482 g/mol. The fraction of sp³-hybridized carbons (Fsp3) is 0.250. The minimum atomic E-state index is -4.58. The van der Waals surface area contributed by atoms with Gasteiger partial charge in [0.15, 0.2) is 5.58 Å². The van der Waals surface area contributed by atoms with Crippen LogP contribution in [0.5, 0.6) is 0 Å². The lowest BCUT2D eigenvalue weighted by molar-refractivity contribution is -0.138. The van der Waals surface area contributed by atoms with Crippen LogP contribution in [0.15, 0.2) is 55.2 Å². The maximum Gasteiger partial charge on any atom is 0.419 e. The number of aromatic nitrogens is 3. The third kappa shape index (κ3) is 3.24. The Morgan fingerprint density at radius 1 is 1.14 bits per heavy atom. The lowest BCUT2D eigenvalue weighted by Crippen LogP contribution is -2.44. The summed E-state index contributed by atoms with van der Waals surface area (Å²) in [6, 6.07) is 9.07. The van der Waals surface area contributed by atoms with E-state index in [9.17, 15) is 32.8 Å². The molecule has 4 aromatic rings. The molecule has 1 aliphatic carbocycles. The third-order valence-corrected chi connectivity index (χ3v) is 6.53. The summed E-state index contributed by atoms with van der Waals surface area (Å²) >= 11 is 0. The van der Waals surface area contributed by atoms with Crippen molar-refractivity contribution >= 4 is 11.1 Å². The molecule has 0 fully saturated rings. The SMILES string of the molecule is Cc1c(C#N)c(=O)n([C@@H]2CCc3c2cccc3C(F)(F)F)c(=O)n1-c1ccc2c(c1)oc(=O)n2C. The topological polar surface area (TPSA) is 103 Å². The number of hydrogen-bond acceptors (Lipinski definition) is 5. The van der Waals surface area contributed by atoms with Crippen LogP contribution in [-0.4, -0.2) is 13.7 Å². The van der Waals surface area contributed by atoms with Gasteiger partial charge in [0.25, 0.3) is 5.56 Å². The van der Waals surface area contributed by atoms with E-state index >= 15 is 0 Å². The summed E-state index contributed by atoms with van der Waals surface area (Å²) in [5.74, 6) is -0.605. The smallest absolute Gasteiger partial charge is 0.408 e. The highest BCUT2D eigenvalue weighted by Crippen LogP contribution is 2.41. The van der Waals surface area contributed by atoms with Crippen LogP contribution in [0.4, 0.5) is 13.2 Å². The number of fused-ring (bicyclic) bond motifs is 2. The number of rotatable bonds is 2. The standard InChI is InChI=1S/C24H17F3N4O4/c1-12-16(11-28)21(32)31(18-9-7-14-15(18)4-3-5-17(14)24(25,26)27)22(33)30(12)13-6-8-19-20(10-13)35-23(34)29(19)2/h3-6,8,10,18H,7,9H2,1-2H3/t18-/m1/s1. The lowest BCUT2D eigenvalue weighted by Gasteiger charge is -2.20. The van der Waals surface area contributed by atoms with Crippen molar-refractivity contribution in [3.8, 4) is 11.8 Å². The molecular formula is C24H17F3N4O4. The van der Waals surface area contributed by atoms with E-state index in [2.05, 4.69) is 0 Å². The molecule has 5 rings (SSSR count). The molecule has 2 aromatic carbocycles. The molecule has 1 atom stereocenters. The summed E-state index contributed by atoms with van der Waals surface area (Å²) in [6.45, 7) is 1.43. The highest BCUT2D eigenvalue weighted by Gasteiger charge is 2.38. The van der Waals surface area contributed by atoms with Crippen molar-refractivity contribution in [3.05, 3.63) is 95.7 Å². The van der Waals surface area contributed by atoms with Crippen molar-refractivity contribution in [3.63, 3.8) is 0 Å². The Kier molecular flexibility index (Phi) is 4.87. The molecule has 2 heterocycles. The molecular weight excluding hydrogens is 465 g/mol. The number of alkyl halides is 3. The summed E-state index contributed by atoms with van der Waals surface area (Å²) in [5.41, 5.74) is -1.55. The molecule has 35 heavy (non-hydrogen) atoms. The van der Waals surface area contributed by atoms with Gasteiger partial charge in [0, 0.05) is 18.8 Å². The molecule has 0 N–H and O–H groups in total. The van der Waals surface area contributed by atoms with E-state index in [1.165, 1.54) is 42.8 Å².